The maximum Gasteiger partial charge on any atom is 0.401 e. The fraction of sp³-hybridized carbons (Fsp3) is 0.0233. The number of carbonyl (C=O) groups is 3. The maximum absolute atomic E-state index is 15.4. The van der Waals surface area contributed by atoms with Gasteiger partial charge in [-0.1, -0.05) is 30.3 Å². The van der Waals surface area contributed by atoms with Crippen LogP contribution in [-0.2, 0) is 6.54 Å². The average Bonchev–Trinajstić information content (AvgIpc) is 3.34. The van der Waals surface area contributed by atoms with Crippen LogP contribution in [0.3, 0.4) is 0 Å². The molecule has 0 fully saturated rings. The average molecular weight is 1020 g/mol. The molecule has 0 spiro atoms. The summed E-state index contributed by atoms with van der Waals surface area (Å²) in [6.45, 7) is -0.202. The van der Waals surface area contributed by atoms with Crippen LogP contribution in [0.5, 0.6) is 0 Å². The Morgan fingerprint density at radius 3 is 0.971 bits per heavy atom. The Bertz CT molecular complexity index is 3010. The highest BCUT2D eigenvalue weighted by molar-refractivity contribution is 7.20. The summed E-state index contributed by atoms with van der Waals surface area (Å²) in [5.74, 6) is -74.0. The van der Waals surface area contributed by atoms with Crippen molar-refractivity contribution < 1.29 is 117 Å². The largest absolute Gasteiger partial charge is 0.478 e. The fourth-order valence-electron chi connectivity index (χ4n) is 7.53. The van der Waals surface area contributed by atoms with Gasteiger partial charge in [0.1, 0.15) is 52.7 Å². The lowest BCUT2D eigenvalue weighted by Gasteiger charge is -2.44. The van der Waals surface area contributed by atoms with E-state index in [0.29, 0.717) is 16.5 Å². The number of carboxylic acids is 2. The Morgan fingerprint density at radius 2 is 0.671 bits per heavy atom. The highest BCUT2D eigenvalue weighted by atomic mass is 19.2. The molecule has 27 heteroatoms. The van der Waals surface area contributed by atoms with E-state index in [9.17, 15) is 77.3 Å². The summed E-state index contributed by atoms with van der Waals surface area (Å²) in [6, 6.07) is 15.9. The number of aromatic nitrogens is 1. The zero-order valence-electron chi connectivity index (χ0n) is 33.2. The van der Waals surface area contributed by atoms with Crippen LogP contribution in [0.1, 0.15) is 31.2 Å². The van der Waals surface area contributed by atoms with Crippen molar-refractivity contribution in [1.82, 2.24) is 0 Å². The Labute approximate surface area is 373 Å². The van der Waals surface area contributed by atoms with E-state index in [1.54, 1.807) is 42.5 Å². The first-order valence-corrected chi connectivity index (χ1v) is 18.4. The molecule has 6 aromatic carbocycles. The normalized spacial score (nSPS) is 11.5. The molecule has 0 amide bonds. The molecule has 0 unspecified atom stereocenters. The zero-order valence-corrected chi connectivity index (χ0v) is 33.2. The molecule has 0 saturated carbocycles. The quantitative estimate of drug-likeness (QED) is 0.0380. The first-order valence-electron chi connectivity index (χ1n) is 18.4. The van der Waals surface area contributed by atoms with Crippen LogP contribution in [0, 0.1) is 116 Å². The Morgan fingerprint density at radius 1 is 0.371 bits per heavy atom. The molecule has 1 aromatic heterocycles. The SMILES string of the molecule is Fc1c(F)c(F)c([B-](c2c(F)c(F)c(F)c(F)c2F)(c2c(F)c(F)c(F)c(F)c2F)c2c(F)c(F)c(F)c(F)c2F)c(F)c1F.O=C(O)c1ccc2ccc(C(=O)O)[n+](CC(=O)c3ccccc3)c2c1. The van der Waals surface area contributed by atoms with Crippen LogP contribution in [0.25, 0.3) is 10.9 Å². The summed E-state index contributed by atoms with van der Waals surface area (Å²) >= 11 is 0. The highest BCUT2D eigenvalue weighted by Gasteiger charge is 2.52. The Balaban J connectivity index is 0.000000270. The van der Waals surface area contributed by atoms with Gasteiger partial charge in [-0.15, -0.1) is 21.9 Å². The number of nitrogens with zero attached hydrogens (tertiary/aromatic N) is 1. The van der Waals surface area contributed by atoms with Gasteiger partial charge in [0, 0.05) is 23.1 Å². The van der Waals surface area contributed by atoms with Gasteiger partial charge in [0.15, 0.2) is 69.8 Å². The number of fused-ring (bicyclic) bond motifs is 1. The summed E-state index contributed by atoms with van der Waals surface area (Å²) in [4.78, 5) is 35.3. The van der Waals surface area contributed by atoms with E-state index in [1.807, 2.05) is 0 Å². The zero-order chi connectivity index (χ0) is 52.3. The second-order valence-electron chi connectivity index (χ2n) is 14.3. The molecular weight excluding hydrogens is 1000 g/mol. The van der Waals surface area contributed by atoms with Crippen LogP contribution in [0.2, 0.25) is 0 Å². The lowest BCUT2D eigenvalue weighted by molar-refractivity contribution is -0.659. The van der Waals surface area contributed by atoms with E-state index >= 15 is 35.1 Å². The summed E-state index contributed by atoms with van der Waals surface area (Å²) in [7, 11) is 0. The Hall–Kier alpha value is -8.00. The summed E-state index contributed by atoms with van der Waals surface area (Å²) in [5, 5.41) is 19.3. The summed E-state index contributed by atoms with van der Waals surface area (Å²) in [6.07, 6.45) is -7.22. The smallest absolute Gasteiger partial charge is 0.401 e. The Kier molecular flexibility index (Phi) is 13.8. The number of Topliss-reactive ketones (excluding diaryl/α,β-unsaturated/α-hetero) is 1. The summed E-state index contributed by atoms with van der Waals surface area (Å²) < 4.78 is 295. The molecule has 70 heavy (non-hydrogen) atoms. The summed E-state index contributed by atoms with van der Waals surface area (Å²) in [5.41, 5.74) is -13.6. The van der Waals surface area contributed by atoms with Crippen molar-refractivity contribution in [2.24, 2.45) is 0 Å². The third-order valence-corrected chi connectivity index (χ3v) is 10.6. The van der Waals surface area contributed by atoms with E-state index < -0.39 is 156 Å². The predicted molar refractivity (Wildman–Crippen MR) is 198 cm³/mol. The third kappa shape index (κ3) is 7.96. The van der Waals surface area contributed by atoms with Crippen LogP contribution < -0.4 is 26.4 Å². The molecule has 6 nitrogen and oxygen atoms in total. The van der Waals surface area contributed by atoms with Crippen molar-refractivity contribution in [2.45, 2.75) is 6.54 Å². The number of rotatable bonds is 9. The minimum atomic E-state index is -7.22. The van der Waals surface area contributed by atoms with E-state index in [1.165, 1.54) is 22.8 Å². The van der Waals surface area contributed by atoms with Crippen molar-refractivity contribution in [3.05, 3.63) is 194 Å². The van der Waals surface area contributed by atoms with Crippen molar-refractivity contribution in [3.8, 4) is 0 Å². The molecule has 0 bridgehead atoms. The molecule has 1 heterocycles. The van der Waals surface area contributed by atoms with Crippen molar-refractivity contribution in [2.75, 3.05) is 0 Å². The van der Waals surface area contributed by atoms with Gasteiger partial charge in [-0.2, -0.15) is 4.57 Å². The highest BCUT2D eigenvalue weighted by Crippen LogP contribution is 2.31. The molecule has 364 valence electrons. The second kappa shape index (κ2) is 18.8. The fourth-order valence-corrected chi connectivity index (χ4v) is 7.53. The first-order chi connectivity index (χ1) is 32.7. The van der Waals surface area contributed by atoms with E-state index in [-0.39, 0.29) is 23.6 Å². The van der Waals surface area contributed by atoms with Crippen LogP contribution in [-0.4, -0.2) is 34.1 Å². The number of benzene rings is 6. The van der Waals surface area contributed by atoms with E-state index in [0.717, 1.165) is 0 Å². The van der Waals surface area contributed by atoms with Crippen LogP contribution >= 0.6 is 0 Å². The predicted octanol–water partition coefficient (Wildman–Crippen LogP) is 8.25. The molecule has 7 rings (SSSR count). The van der Waals surface area contributed by atoms with E-state index in [4.69, 9.17) is 0 Å². The molecule has 0 aliphatic heterocycles. The van der Waals surface area contributed by atoms with Gasteiger partial charge in [0.05, 0.1) is 5.56 Å². The first kappa shape index (κ1) is 51.4. The molecular formula is C43H14BF20NO5. The molecule has 0 aliphatic rings. The van der Waals surface area contributed by atoms with Crippen molar-refractivity contribution >= 4 is 56.6 Å². The molecule has 0 radical (unpaired) electrons. The van der Waals surface area contributed by atoms with Gasteiger partial charge >= 0.3 is 11.9 Å². The minimum absolute atomic E-state index is 0.0240. The van der Waals surface area contributed by atoms with E-state index in [2.05, 4.69) is 0 Å². The van der Waals surface area contributed by atoms with Gasteiger partial charge in [-0.25, -0.2) is 97.4 Å². The van der Waals surface area contributed by atoms with Gasteiger partial charge in [-0.3, -0.25) is 4.79 Å². The van der Waals surface area contributed by atoms with Crippen molar-refractivity contribution in [1.29, 1.82) is 0 Å². The topological polar surface area (TPSA) is 95.5 Å². The minimum Gasteiger partial charge on any atom is -0.478 e. The maximum atomic E-state index is 15.4. The molecule has 0 aliphatic carbocycles. The number of hydrogen-bond donors (Lipinski definition) is 2. The van der Waals surface area contributed by atoms with Crippen LogP contribution in [0.15, 0.2) is 60.7 Å². The molecule has 2 N–H and O–H groups in total. The number of pyridine rings is 1. The second-order valence-corrected chi connectivity index (χ2v) is 14.3. The number of hydrogen-bond acceptors (Lipinski definition) is 3. The number of ketones is 1. The number of carboxylic acid groups (broad SMARTS) is 2. The van der Waals surface area contributed by atoms with Gasteiger partial charge in [0.25, 0.3) is 5.69 Å². The number of halogens is 20. The third-order valence-electron chi connectivity index (χ3n) is 10.6. The number of carbonyl (C=O) groups excluding carboxylic acids is 1. The lowest BCUT2D eigenvalue weighted by Crippen LogP contribution is -2.81. The van der Waals surface area contributed by atoms with Gasteiger partial charge in [0.2, 0.25) is 17.8 Å². The standard InChI is InChI=1S/C24BF20.C19H13NO5/c26-5-1(6(27)14(35)21(42)13(5)34)25(2-7(28)15(36)22(43)16(37)8(2)29,3-9(30)17(38)23(44)18(39)10(3)31)4-11(32)19(40)24(45)20(41)12(4)33;21-17(13-4-2-1-3-5-13)11-20-15(19(24)25)9-8-12-6-7-14(18(22)23)10-16(12)20/h;1-10H,11H2,(H-,22,23,24,25)/q-1;/p+1. The van der Waals surface area contributed by atoms with Crippen LogP contribution in [0.4, 0.5) is 87.8 Å². The molecule has 0 saturated heterocycles. The van der Waals surface area contributed by atoms with Gasteiger partial charge < -0.3 is 10.2 Å². The monoisotopic (exact) mass is 1020 g/mol. The van der Waals surface area contributed by atoms with Crippen molar-refractivity contribution in [3.63, 3.8) is 0 Å². The molecule has 0 atom stereocenters. The lowest BCUT2D eigenvalue weighted by atomic mass is 9.12. The molecule has 7 aromatic rings. The number of aromatic carboxylic acids is 2. The van der Waals surface area contributed by atoms with Gasteiger partial charge in [-0.05, 0) is 18.2 Å².